The summed E-state index contributed by atoms with van der Waals surface area (Å²) in [7, 11) is -3.76. The van der Waals surface area contributed by atoms with Crippen molar-refractivity contribution >= 4 is 44.9 Å². The number of rotatable bonds is 18. The zero-order chi connectivity index (χ0) is 36.8. The van der Waals surface area contributed by atoms with Crippen molar-refractivity contribution < 1.29 is 45.7 Å². The van der Waals surface area contributed by atoms with Gasteiger partial charge in [0, 0.05) is 45.0 Å². The molecule has 3 aromatic rings. The van der Waals surface area contributed by atoms with Gasteiger partial charge in [-0.3, -0.25) is 14.2 Å². The molecule has 16 heteroatoms. The number of sulfonamides is 1. The van der Waals surface area contributed by atoms with E-state index in [1.807, 2.05) is 0 Å². The van der Waals surface area contributed by atoms with Crippen LogP contribution < -0.4 is 18.5 Å². The maximum atomic E-state index is 14.3. The van der Waals surface area contributed by atoms with Crippen LogP contribution in [0.5, 0.6) is 17.2 Å². The number of ether oxygens (including phenoxy) is 5. The van der Waals surface area contributed by atoms with Crippen molar-refractivity contribution in [2.24, 2.45) is 11.8 Å². The third-order valence-electron chi connectivity index (χ3n) is 9.08. The fourth-order valence-electron chi connectivity index (χ4n) is 5.76. The summed E-state index contributed by atoms with van der Waals surface area (Å²) in [4.78, 5) is 20.4. The Morgan fingerprint density at radius 2 is 1.60 bits per heavy atom. The second-order valence-corrected chi connectivity index (χ2v) is 16.0. The van der Waals surface area contributed by atoms with Crippen LogP contribution in [0.2, 0.25) is 10.0 Å². The average Bonchev–Trinajstić information content (AvgIpc) is 4.04. The molecule has 2 saturated carbocycles. The van der Waals surface area contributed by atoms with Gasteiger partial charge in [-0.25, -0.2) is 13.2 Å². The number of morpholine rings is 1. The summed E-state index contributed by atoms with van der Waals surface area (Å²) in [6.45, 7) is 0.703. The molecule has 0 amide bonds. The molecule has 1 saturated heterocycles. The fourth-order valence-corrected chi connectivity index (χ4v) is 7.18. The molecule has 2 aliphatic carbocycles. The molecule has 1 unspecified atom stereocenters. The zero-order valence-electron chi connectivity index (χ0n) is 28.6. The molecule has 0 N–H and O–H groups in total. The van der Waals surface area contributed by atoms with Gasteiger partial charge in [0.25, 0.3) is 0 Å². The van der Waals surface area contributed by atoms with Crippen molar-refractivity contribution in [1.29, 1.82) is 0 Å². The summed E-state index contributed by atoms with van der Waals surface area (Å²) < 4.78 is 82.4. The maximum Gasteiger partial charge on any atom is 0.387 e. The Hall–Kier alpha value is -3.43. The Kier molecular flexibility index (Phi) is 12.6. The second kappa shape index (κ2) is 17.1. The molecule has 6 rings (SSSR count). The van der Waals surface area contributed by atoms with Crippen LogP contribution in [0.4, 0.5) is 14.5 Å². The Bertz CT molecular complexity index is 1800. The van der Waals surface area contributed by atoms with Gasteiger partial charge in [-0.1, -0.05) is 29.3 Å². The number of hydrogen-bond donors (Lipinski definition) is 0. The lowest BCUT2D eigenvalue weighted by molar-refractivity contribution is -0.0515. The highest BCUT2D eigenvalue weighted by Gasteiger charge is 2.30. The normalized spacial score (nSPS) is 17.1. The van der Waals surface area contributed by atoms with E-state index < -0.39 is 28.7 Å². The van der Waals surface area contributed by atoms with Gasteiger partial charge in [0.15, 0.2) is 11.5 Å². The van der Waals surface area contributed by atoms with Gasteiger partial charge in [-0.15, -0.1) is 0 Å². The number of carbonyl (C=O) groups is 1. The van der Waals surface area contributed by atoms with Gasteiger partial charge in [0.1, 0.15) is 17.4 Å². The number of halogens is 4. The first-order valence-corrected chi connectivity index (χ1v) is 19.8. The first-order valence-electron chi connectivity index (χ1n) is 17.2. The van der Waals surface area contributed by atoms with Crippen LogP contribution in [0.3, 0.4) is 0 Å². The molecule has 11 nitrogen and oxygen atoms in total. The lowest BCUT2D eigenvalue weighted by Crippen LogP contribution is -2.43. The van der Waals surface area contributed by atoms with Crippen molar-refractivity contribution in [3.05, 3.63) is 75.5 Å². The number of hydrogen-bond acceptors (Lipinski definition) is 10. The van der Waals surface area contributed by atoms with Crippen LogP contribution in [0.25, 0.3) is 0 Å². The summed E-state index contributed by atoms with van der Waals surface area (Å²) in [5.41, 5.74) is 1.11. The first kappa shape index (κ1) is 38.3. The summed E-state index contributed by atoms with van der Waals surface area (Å²) in [6.07, 6.45) is 6.81. The molecule has 2 heterocycles. The largest absolute Gasteiger partial charge is 0.492 e. The third kappa shape index (κ3) is 10.6. The standard InChI is InChI=1S/C36H41Cl2F2N3O8S/c1-52(45,46)43(11-10-42-12-14-47-15-13-42)26-7-9-31(48-21-23-2-3-23)28(17-26)35(44)50-33(18-27-29(37)19-41-20-30(27)38)25-6-8-32(51-36(39)40)34(16-25)49-22-24-4-5-24/h6-9,16-17,19-20,23-24,33,36H,2-5,10-15,18,21-22H2,1H3. The van der Waals surface area contributed by atoms with E-state index in [1.54, 1.807) is 12.1 Å². The van der Waals surface area contributed by atoms with E-state index in [0.717, 1.165) is 31.9 Å². The van der Waals surface area contributed by atoms with Crippen LogP contribution in [-0.4, -0.2) is 89.7 Å². The highest BCUT2D eigenvalue weighted by molar-refractivity contribution is 7.92. The SMILES string of the molecule is CS(=O)(=O)N(CCN1CCOCC1)c1ccc(OCC2CC2)c(C(=O)OC(Cc2c(Cl)cncc2Cl)c2ccc(OC(F)F)c(OCC3CC3)c2)c1. The minimum Gasteiger partial charge on any atom is -0.492 e. The van der Waals surface area contributed by atoms with Crippen molar-refractivity contribution in [1.82, 2.24) is 9.88 Å². The highest BCUT2D eigenvalue weighted by atomic mass is 35.5. The van der Waals surface area contributed by atoms with Gasteiger partial charge in [0.05, 0.1) is 48.4 Å². The van der Waals surface area contributed by atoms with Gasteiger partial charge >= 0.3 is 12.6 Å². The minimum atomic E-state index is -3.76. The molecule has 3 aliphatic rings. The van der Waals surface area contributed by atoms with Gasteiger partial charge in [-0.05, 0) is 79.0 Å². The molecular weight excluding hydrogens is 743 g/mol. The Labute approximate surface area is 312 Å². The molecule has 3 fully saturated rings. The van der Waals surface area contributed by atoms with E-state index in [9.17, 15) is 22.0 Å². The predicted octanol–water partition coefficient (Wildman–Crippen LogP) is 6.81. The van der Waals surface area contributed by atoms with Crippen molar-refractivity contribution in [2.75, 3.05) is 63.2 Å². The quantitative estimate of drug-likeness (QED) is 0.128. The van der Waals surface area contributed by atoms with Crippen molar-refractivity contribution in [2.45, 2.75) is 44.8 Å². The first-order chi connectivity index (χ1) is 24.9. The Morgan fingerprint density at radius 1 is 0.962 bits per heavy atom. The summed E-state index contributed by atoms with van der Waals surface area (Å²) in [5, 5.41) is 0.465. The molecule has 0 radical (unpaired) electrons. The number of pyridine rings is 1. The average molecular weight is 785 g/mol. The lowest BCUT2D eigenvalue weighted by atomic mass is 10.0. The molecule has 1 aromatic heterocycles. The Morgan fingerprint density at radius 3 is 2.21 bits per heavy atom. The molecule has 1 aliphatic heterocycles. The summed E-state index contributed by atoms with van der Waals surface area (Å²) in [5.74, 6) is -0.00344. The van der Waals surface area contributed by atoms with E-state index in [-0.39, 0.29) is 51.5 Å². The zero-order valence-corrected chi connectivity index (χ0v) is 31.0. The smallest absolute Gasteiger partial charge is 0.387 e. The molecule has 282 valence electrons. The van der Waals surface area contributed by atoms with Gasteiger partial charge < -0.3 is 23.7 Å². The Balaban J connectivity index is 1.34. The highest BCUT2D eigenvalue weighted by Crippen LogP contribution is 2.39. The van der Waals surface area contributed by atoms with E-state index in [4.69, 9.17) is 46.9 Å². The molecule has 2 aromatic carbocycles. The van der Waals surface area contributed by atoms with E-state index in [2.05, 4.69) is 9.88 Å². The summed E-state index contributed by atoms with van der Waals surface area (Å²) >= 11 is 13.0. The lowest BCUT2D eigenvalue weighted by Gasteiger charge is -2.30. The monoisotopic (exact) mass is 783 g/mol. The topological polar surface area (TPSA) is 117 Å². The number of benzene rings is 2. The van der Waals surface area contributed by atoms with E-state index in [0.29, 0.717) is 69.0 Å². The number of aromatic nitrogens is 1. The number of anilines is 1. The number of carbonyl (C=O) groups excluding carboxylic acids is 1. The minimum absolute atomic E-state index is 0.0120. The van der Waals surface area contributed by atoms with Crippen LogP contribution in [-0.2, 0) is 25.9 Å². The van der Waals surface area contributed by atoms with Crippen LogP contribution in [0.1, 0.15) is 53.3 Å². The maximum absolute atomic E-state index is 14.3. The van der Waals surface area contributed by atoms with Crippen LogP contribution in [0.15, 0.2) is 48.8 Å². The van der Waals surface area contributed by atoms with Crippen molar-refractivity contribution in [3.63, 3.8) is 0 Å². The number of nitrogens with zero attached hydrogens (tertiary/aromatic N) is 3. The molecule has 1 atom stereocenters. The van der Waals surface area contributed by atoms with Gasteiger partial charge in [0.2, 0.25) is 10.0 Å². The molecule has 0 spiro atoms. The van der Waals surface area contributed by atoms with E-state index in [1.165, 1.54) is 41.0 Å². The fraction of sp³-hybridized carbons (Fsp3) is 0.500. The third-order valence-corrected chi connectivity index (χ3v) is 10.9. The number of alkyl halides is 2. The van der Waals surface area contributed by atoms with E-state index >= 15 is 0 Å². The summed E-state index contributed by atoms with van der Waals surface area (Å²) in [6, 6.07) is 8.98. The predicted molar refractivity (Wildman–Crippen MR) is 192 cm³/mol. The van der Waals surface area contributed by atoms with Crippen LogP contribution >= 0.6 is 23.2 Å². The second-order valence-electron chi connectivity index (χ2n) is 13.2. The van der Waals surface area contributed by atoms with Gasteiger partial charge in [-0.2, -0.15) is 8.78 Å². The van der Waals surface area contributed by atoms with Crippen molar-refractivity contribution in [3.8, 4) is 17.2 Å². The molecule has 0 bridgehead atoms. The molecular formula is C36H41Cl2F2N3O8S. The molecule has 52 heavy (non-hydrogen) atoms. The van der Waals surface area contributed by atoms with Crippen LogP contribution in [0, 0.1) is 11.8 Å². The number of esters is 1.